The molecule has 0 aliphatic carbocycles. The molecule has 2 heterocycles. The zero-order chi connectivity index (χ0) is 14.1. The number of rotatable bonds is 2. The van der Waals surface area contributed by atoms with E-state index >= 15 is 0 Å². The number of likely N-dealkylation sites (tertiary alicyclic amines) is 1. The minimum Gasteiger partial charge on any atom is -0.480 e. The maximum Gasteiger partial charge on any atom is 0.326 e. The molecule has 1 amide bonds. The van der Waals surface area contributed by atoms with Crippen LogP contribution in [0.2, 0.25) is 0 Å². The van der Waals surface area contributed by atoms with Crippen LogP contribution in [0, 0.1) is 0 Å². The molecular formula is C13H13N3O4. The lowest BCUT2D eigenvalue weighted by Crippen LogP contribution is -2.47. The van der Waals surface area contributed by atoms with Gasteiger partial charge in [0.05, 0.1) is 0 Å². The Morgan fingerprint density at radius 1 is 1.25 bits per heavy atom. The first-order chi connectivity index (χ1) is 9.66. The minimum atomic E-state index is -0.956. The molecule has 0 spiro atoms. The molecule has 0 radical (unpaired) electrons. The second-order valence-corrected chi connectivity index (χ2v) is 4.82. The van der Waals surface area contributed by atoms with E-state index in [9.17, 15) is 14.7 Å². The Morgan fingerprint density at radius 2 is 2.05 bits per heavy atom. The zero-order valence-electron chi connectivity index (χ0n) is 10.7. The maximum atomic E-state index is 12.5. The monoisotopic (exact) mass is 275 g/mol. The number of carbonyl (C=O) groups is 2. The summed E-state index contributed by atoms with van der Waals surface area (Å²) in [5.41, 5.74) is 1.45. The Balaban J connectivity index is 1.91. The Labute approximate surface area is 114 Å². The van der Waals surface area contributed by atoms with Crippen LogP contribution in [-0.4, -0.2) is 44.8 Å². The number of hydrogen-bond donors (Lipinski definition) is 1. The van der Waals surface area contributed by atoms with E-state index in [4.69, 9.17) is 0 Å². The van der Waals surface area contributed by atoms with Crippen molar-refractivity contribution in [3.8, 4) is 0 Å². The molecule has 1 aliphatic rings. The van der Waals surface area contributed by atoms with Crippen LogP contribution in [0.1, 0.15) is 29.6 Å². The summed E-state index contributed by atoms with van der Waals surface area (Å²) >= 11 is 0. The van der Waals surface area contributed by atoms with Crippen LogP contribution < -0.4 is 0 Å². The number of hydrogen-bond acceptors (Lipinski definition) is 5. The van der Waals surface area contributed by atoms with Gasteiger partial charge >= 0.3 is 5.97 Å². The van der Waals surface area contributed by atoms with E-state index in [1.54, 1.807) is 18.2 Å². The van der Waals surface area contributed by atoms with Crippen molar-refractivity contribution in [2.75, 3.05) is 6.54 Å². The quantitative estimate of drug-likeness (QED) is 0.887. The summed E-state index contributed by atoms with van der Waals surface area (Å²) < 4.78 is 4.59. The predicted octanol–water partition coefficient (Wildman–Crippen LogP) is 1.30. The lowest BCUT2D eigenvalue weighted by atomic mass is 10.0. The van der Waals surface area contributed by atoms with E-state index in [0.717, 1.165) is 12.8 Å². The number of nitrogens with zero attached hydrogens (tertiary/aromatic N) is 3. The number of benzene rings is 1. The Morgan fingerprint density at radius 3 is 2.85 bits per heavy atom. The van der Waals surface area contributed by atoms with Gasteiger partial charge in [-0.2, -0.15) is 0 Å². The third-order valence-electron chi connectivity index (χ3n) is 3.55. The summed E-state index contributed by atoms with van der Waals surface area (Å²) in [5.74, 6) is -1.25. The highest BCUT2D eigenvalue weighted by atomic mass is 16.6. The van der Waals surface area contributed by atoms with Crippen molar-refractivity contribution in [3.63, 3.8) is 0 Å². The molecule has 1 atom stereocenters. The van der Waals surface area contributed by atoms with E-state index < -0.39 is 12.0 Å². The van der Waals surface area contributed by atoms with Gasteiger partial charge in [0.25, 0.3) is 5.91 Å². The average Bonchev–Trinajstić information content (AvgIpc) is 2.93. The largest absolute Gasteiger partial charge is 0.480 e. The van der Waals surface area contributed by atoms with Crippen molar-refractivity contribution in [2.45, 2.75) is 25.3 Å². The molecule has 20 heavy (non-hydrogen) atoms. The van der Waals surface area contributed by atoms with Crippen molar-refractivity contribution in [1.82, 2.24) is 15.2 Å². The summed E-state index contributed by atoms with van der Waals surface area (Å²) in [7, 11) is 0. The van der Waals surface area contributed by atoms with E-state index in [2.05, 4.69) is 14.9 Å². The van der Waals surface area contributed by atoms with E-state index in [1.165, 1.54) is 4.90 Å². The first kappa shape index (κ1) is 12.6. The molecule has 104 valence electrons. The van der Waals surface area contributed by atoms with E-state index in [0.29, 0.717) is 29.6 Å². The molecule has 7 nitrogen and oxygen atoms in total. The highest BCUT2D eigenvalue weighted by Gasteiger charge is 2.32. The Kier molecular flexibility index (Phi) is 3.09. The molecule has 1 N–H and O–H groups in total. The van der Waals surface area contributed by atoms with Crippen LogP contribution in [0.15, 0.2) is 22.8 Å². The molecule has 7 heteroatoms. The Bertz CT molecular complexity index is 666. The number of carboxylic acid groups (broad SMARTS) is 1. The molecule has 1 aliphatic heterocycles. The van der Waals surface area contributed by atoms with Crippen molar-refractivity contribution >= 4 is 22.9 Å². The second-order valence-electron chi connectivity index (χ2n) is 4.82. The van der Waals surface area contributed by atoms with Crippen molar-refractivity contribution in [2.24, 2.45) is 0 Å². The third-order valence-corrected chi connectivity index (χ3v) is 3.55. The molecular weight excluding hydrogens is 262 g/mol. The second kappa shape index (κ2) is 4.92. The summed E-state index contributed by atoms with van der Waals surface area (Å²) in [6.45, 7) is 0.463. The van der Waals surface area contributed by atoms with Crippen LogP contribution in [0.4, 0.5) is 0 Å². The number of fused-ring (bicyclic) bond motifs is 1. The molecule has 0 saturated carbocycles. The first-order valence-corrected chi connectivity index (χ1v) is 6.43. The number of aromatic nitrogens is 2. The van der Waals surface area contributed by atoms with Gasteiger partial charge in [-0.05, 0) is 47.8 Å². The summed E-state index contributed by atoms with van der Waals surface area (Å²) in [6.07, 6.45) is 2.14. The lowest BCUT2D eigenvalue weighted by molar-refractivity contribution is -0.143. The minimum absolute atomic E-state index is 0.290. The highest BCUT2D eigenvalue weighted by Crippen LogP contribution is 2.21. The molecule has 0 unspecified atom stereocenters. The van der Waals surface area contributed by atoms with Crippen molar-refractivity contribution in [1.29, 1.82) is 0 Å². The first-order valence-electron chi connectivity index (χ1n) is 6.43. The molecule has 1 aromatic heterocycles. The summed E-state index contributed by atoms with van der Waals surface area (Å²) in [6, 6.07) is 4.07. The fourth-order valence-corrected chi connectivity index (χ4v) is 2.51. The van der Waals surface area contributed by atoms with Crippen LogP contribution in [0.3, 0.4) is 0 Å². The standard InChI is InChI=1S/C13H13N3O4/c17-12(16-6-2-1-3-11(16)13(18)19)8-4-5-9-10(7-8)15-20-14-9/h4-5,7,11H,1-3,6H2,(H,18,19)/t11-/m1/s1. The fourth-order valence-electron chi connectivity index (χ4n) is 2.51. The fraction of sp³-hybridized carbons (Fsp3) is 0.385. The average molecular weight is 275 g/mol. The summed E-state index contributed by atoms with van der Waals surface area (Å²) in [4.78, 5) is 25.1. The number of amides is 1. The van der Waals surface area contributed by atoms with Gasteiger partial charge in [0.15, 0.2) is 0 Å². The zero-order valence-corrected chi connectivity index (χ0v) is 10.7. The predicted molar refractivity (Wildman–Crippen MR) is 68.1 cm³/mol. The normalized spacial score (nSPS) is 19.2. The van der Waals surface area contributed by atoms with Crippen LogP contribution >= 0.6 is 0 Å². The smallest absolute Gasteiger partial charge is 0.326 e. The summed E-state index contributed by atoms with van der Waals surface area (Å²) in [5, 5.41) is 16.6. The van der Waals surface area contributed by atoms with Gasteiger partial charge in [-0.3, -0.25) is 4.79 Å². The number of carbonyl (C=O) groups excluding carboxylic acids is 1. The molecule has 3 rings (SSSR count). The van der Waals surface area contributed by atoms with E-state index in [-0.39, 0.29) is 5.91 Å². The molecule has 1 aromatic carbocycles. The number of carboxylic acids is 1. The molecule has 1 fully saturated rings. The van der Waals surface area contributed by atoms with Gasteiger partial charge in [0.1, 0.15) is 17.1 Å². The van der Waals surface area contributed by atoms with Gasteiger partial charge in [-0.1, -0.05) is 0 Å². The van der Waals surface area contributed by atoms with E-state index in [1.807, 2.05) is 0 Å². The van der Waals surface area contributed by atoms with Gasteiger partial charge < -0.3 is 10.0 Å². The topological polar surface area (TPSA) is 96.5 Å². The van der Waals surface area contributed by atoms with Crippen molar-refractivity contribution < 1.29 is 19.3 Å². The third kappa shape index (κ3) is 2.11. The van der Waals surface area contributed by atoms with Crippen LogP contribution in [0.5, 0.6) is 0 Å². The van der Waals surface area contributed by atoms with Gasteiger partial charge in [-0.15, -0.1) is 0 Å². The number of aliphatic carboxylic acids is 1. The number of piperidine rings is 1. The molecule has 1 saturated heterocycles. The van der Waals surface area contributed by atoms with Gasteiger partial charge in [0.2, 0.25) is 0 Å². The lowest BCUT2D eigenvalue weighted by Gasteiger charge is -2.32. The van der Waals surface area contributed by atoms with Crippen LogP contribution in [0.25, 0.3) is 11.0 Å². The Hall–Kier alpha value is -2.44. The molecule has 2 aromatic rings. The van der Waals surface area contributed by atoms with Gasteiger partial charge in [-0.25, -0.2) is 9.42 Å². The highest BCUT2D eigenvalue weighted by molar-refractivity contribution is 5.99. The van der Waals surface area contributed by atoms with Gasteiger partial charge in [0, 0.05) is 12.1 Å². The SMILES string of the molecule is O=C(O)[C@H]1CCCCN1C(=O)c1ccc2nonc2c1. The molecule has 0 bridgehead atoms. The maximum absolute atomic E-state index is 12.5. The van der Waals surface area contributed by atoms with Crippen LogP contribution in [-0.2, 0) is 4.79 Å². The van der Waals surface area contributed by atoms with Crippen molar-refractivity contribution in [3.05, 3.63) is 23.8 Å².